The molecule has 4 nitrogen and oxygen atoms in total. The second-order valence-electron chi connectivity index (χ2n) is 5.94. The molecule has 0 aliphatic heterocycles. The van der Waals surface area contributed by atoms with Gasteiger partial charge in [-0.1, -0.05) is 19.8 Å². The molecular formula is C15H22N4S. The highest BCUT2D eigenvalue weighted by atomic mass is 32.1. The maximum Gasteiger partial charge on any atom is 0.226 e. The Morgan fingerprint density at radius 1 is 1.25 bits per heavy atom. The molecule has 0 spiro atoms. The van der Waals surface area contributed by atoms with Crippen molar-refractivity contribution in [1.29, 1.82) is 0 Å². The van der Waals surface area contributed by atoms with E-state index in [1.165, 1.54) is 25.7 Å². The Bertz CT molecular complexity index is 587. The van der Waals surface area contributed by atoms with E-state index in [-0.39, 0.29) is 0 Å². The third kappa shape index (κ3) is 2.73. The number of nitrogens with one attached hydrogen (secondary N) is 2. The fourth-order valence-electron chi connectivity index (χ4n) is 2.93. The Hall–Kier alpha value is -1.36. The summed E-state index contributed by atoms with van der Waals surface area (Å²) in [4.78, 5) is 10.2. The molecule has 20 heavy (non-hydrogen) atoms. The van der Waals surface area contributed by atoms with Crippen molar-refractivity contribution in [3.63, 3.8) is 0 Å². The summed E-state index contributed by atoms with van der Waals surface area (Å²) in [6.07, 6.45) is 5.35. The van der Waals surface area contributed by atoms with Crippen molar-refractivity contribution in [2.45, 2.75) is 39.5 Å². The molecular weight excluding hydrogens is 268 g/mol. The van der Waals surface area contributed by atoms with Crippen LogP contribution in [0.25, 0.3) is 10.2 Å². The van der Waals surface area contributed by atoms with E-state index >= 15 is 0 Å². The zero-order chi connectivity index (χ0) is 14.0. The number of hydrogen-bond acceptors (Lipinski definition) is 5. The van der Waals surface area contributed by atoms with Gasteiger partial charge in [-0.15, -0.1) is 11.3 Å². The van der Waals surface area contributed by atoms with E-state index in [1.54, 1.807) is 11.3 Å². The monoisotopic (exact) mass is 290 g/mol. The van der Waals surface area contributed by atoms with E-state index in [9.17, 15) is 0 Å². The molecule has 0 atom stereocenters. The van der Waals surface area contributed by atoms with Gasteiger partial charge in [0, 0.05) is 13.1 Å². The number of rotatable bonds is 5. The standard InChI is InChI=1S/C15H22N4S/c1-3-16-14-18-12(11-6-9-20-13(11)19-14)17-10-15(2)7-4-5-8-15/h6,9H,3-5,7-8,10H2,1-2H3,(H2,16,17,18,19). The van der Waals surface area contributed by atoms with Crippen molar-refractivity contribution >= 4 is 33.3 Å². The molecule has 2 heterocycles. The molecule has 0 bridgehead atoms. The fraction of sp³-hybridized carbons (Fsp3) is 0.600. The minimum absolute atomic E-state index is 0.422. The van der Waals surface area contributed by atoms with Gasteiger partial charge in [0.2, 0.25) is 5.95 Å². The van der Waals surface area contributed by atoms with E-state index in [0.717, 1.165) is 35.1 Å². The summed E-state index contributed by atoms with van der Waals surface area (Å²) in [7, 11) is 0. The van der Waals surface area contributed by atoms with Gasteiger partial charge >= 0.3 is 0 Å². The summed E-state index contributed by atoms with van der Waals surface area (Å²) in [5.74, 6) is 1.70. The average Bonchev–Trinajstić information content (AvgIpc) is 3.06. The summed E-state index contributed by atoms with van der Waals surface area (Å²) in [5, 5.41) is 10.0. The summed E-state index contributed by atoms with van der Waals surface area (Å²) in [6, 6.07) is 2.11. The third-order valence-electron chi connectivity index (χ3n) is 4.15. The fourth-order valence-corrected chi connectivity index (χ4v) is 3.69. The SMILES string of the molecule is CCNc1nc(NCC2(C)CCCC2)c2ccsc2n1. The Balaban J connectivity index is 1.83. The van der Waals surface area contributed by atoms with Gasteiger partial charge in [0.05, 0.1) is 5.39 Å². The molecule has 2 aromatic heterocycles. The summed E-state index contributed by atoms with van der Waals surface area (Å²) >= 11 is 1.67. The van der Waals surface area contributed by atoms with Crippen molar-refractivity contribution in [2.75, 3.05) is 23.7 Å². The maximum absolute atomic E-state index is 4.63. The van der Waals surface area contributed by atoms with Gasteiger partial charge in [-0.2, -0.15) is 4.98 Å². The lowest BCUT2D eigenvalue weighted by Gasteiger charge is -2.24. The second kappa shape index (κ2) is 5.56. The molecule has 0 radical (unpaired) electrons. The Labute approximate surface area is 124 Å². The van der Waals surface area contributed by atoms with Crippen molar-refractivity contribution in [3.05, 3.63) is 11.4 Å². The van der Waals surface area contributed by atoms with Crippen LogP contribution in [0.2, 0.25) is 0 Å². The Morgan fingerprint density at radius 2 is 2.05 bits per heavy atom. The van der Waals surface area contributed by atoms with Crippen LogP contribution in [0.4, 0.5) is 11.8 Å². The molecule has 1 aliphatic carbocycles. The van der Waals surface area contributed by atoms with Crippen molar-refractivity contribution in [2.24, 2.45) is 5.41 Å². The van der Waals surface area contributed by atoms with Gasteiger partial charge in [-0.3, -0.25) is 0 Å². The molecule has 2 aromatic rings. The Kier molecular flexibility index (Phi) is 3.78. The van der Waals surface area contributed by atoms with Crippen LogP contribution >= 0.6 is 11.3 Å². The number of hydrogen-bond donors (Lipinski definition) is 2. The van der Waals surface area contributed by atoms with Gasteiger partial charge in [0.25, 0.3) is 0 Å². The molecule has 1 aliphatic rings. The van der Waals surface area contributed by atoms with E-state index in [0.29, 0.717) is 5.41 Å². The quantitative estimate of drug-likeness (QED) is 0.870. The third-order valence-corrected chi connectivity index (χ3v) is 4.96. The summed E-state index contributed by atoms with van der Waals surface area (Å²) in [6.45, 7) is 6.29. The molecule has 1 fully saturated rings. The number of anilines is 2. The Morgan fingerprint density at radius 3 is 2.80 bits per heavy atom. The number of thiophene rings is 1. The molecule has 2 N–H and O–H groups in total. The first kappa shape index (κ1) is 13.6. The zero-order valence-corrected chi connectivity index (χ0v) is 13.0. The summed E-state index contributed by atoms with van der Waals surface area (Å²) < 4.78 is 0. The molecule has 0 amide bonds. The lowest BCUT2D eigenvalue weighted by molar-refractivity contribution is 0.362. The minimum atomic E-state index is 0.422. The largest absolute Gasteiger partial charge is 0.369 e. The van der Waals surface area contributed by atoms with Gasteiger partial charge in [-0.25, -0.2) is 4.98 Å². The van der Waals surface area contributed by atoms with Crippen LogP contribution in [0.1, 0.15) is 39.5 Å². The van der Waals surface area contributed by atoms with E-state index < -0.39 is 0 Å². The minimum Gasteiger partial charge on any atom is -0.369 e. The van der Waals surface area contributed by atoms with E-state index in [1.807, 2.05) is 0 Å². The van der Waals surface area contributed by atoms with E-state index in [4.69, 9.17) is 0 Å². The molecule has 0 saturated heterocycles. The van der Waals surface area contributed by atoms with Crippen LogP contribution < -0.4 is 10.6 Å². The first-order valence-electron chi connectivity index (χ1n) is 7.43. The van der Waals surface area contributed by atoms with Crippen LogP contribution in [0.15, 0.2) is 11.4 Å². The first-order valence-corrected chi connectivity index (χ1v) is 8.31. The normalized spacial score (nSPS) is 17.5. The predicted molar refractivity (Wildman–Crippen MR) is 86.6 cm³/mol. The molecule has 0 unspecified atom stereocenters. The van der Waals surface area contributed by atoms with Crippen LogP contribution in [0.5, 0.6) is 0 Å². The van der Waals surface area contributed by atoms with Gasteiger partial charge in [0.1, 0.15) is 10.6 Å². The van der Waals surface area contributed by atoms with Gasteiger partial charge in [-0.05, 0) is 36.6 Å². The smallest absolute Gasteiger partial charge is 0.226 e. The highest BCUT2D eigenvalue weighted by Gasteiger charge is 2.28. The van der Waals surface area contributed by atoms with Crippen LogP contribution in [-0.4, -0.2) is 23.1 Å². The second-order valence-corrected chi connectivity index (χ2v) is 6.83. The number of nitrogens with zero attached hydrogens (tertiary/aromatic N) is 2. The average molecular weight is 290 g/mol. The van der Waals surface area contributed by atoms with E-state index in [2.05, 4.69) is 45.9 Å². The van der Waals surface area contributed by atoms with Crippen molar-refractivity contribution in [1.82, 2.24) is 9.97 Å². The molecule has 5 heteroatoms. The lowest BCUT2D eigenvalue weighted by atomic mass is 9.89. The topological polar surface area (TPSA) is 49.8 Å². The highest BCUT2D eigenvalue weighted by molar-refractivity contribution is 7.16. The predicted octanol–water partition coefficient (Wildman–Crippen LogP) is 4.12. The first-order chi connectivity index (χ1) is 9.70. The molecule has 3 rings (SSSR count). The van der Waals surface area contributed by atoms with Crippen molar-refractivity contribution in [3.8, 4) is 0 Å². The van der Waals surface area contributed by atoms with Crippen LogP contribution in [-0.2, 0) is 0 Å². The van der Waals surface area contributed by atoms with Crippen molar-refractivity contribution < 1.29 is 0 Å². The van der Waals surface area contributed by atoms with Crippen LogP contribution in [0, 0.1) is 5.41 Å². The van der Waals surface area contributed by atoms with Gasteiger partial charge in [0.15, 0.2) is 0 Å². The highest BCUT2D eigenvalue weighted by Crippen LogP contribution is 2.38. The molecule has 1 saturated carbocycles. The zero-order valence-electron chi connectivity index (χ0n) is 12.2. The maximum atomic E-state index is 4.63. The lowest BCUT2D eigenvalue weighted by Crippen LogP contribution is -2.23. The summed E-state index contributed by atoms with van der Waals surface area (Å²) in [5.41, 5.74) is 0.422. The number of fused-ring (bicyclic) bond motifs is 1. The number of aromatic nitrogens is 2. The van der Waals surface area contributed by atoms with Crippen LogP contribution in [0.3, 0.4) is 0 Å². The molecule has 0 aromatic carbocycles. The molecule has 108 valence electrons. The van der Waals surface area contributed by atoms with Gasteiger partial charge < -0.3 is 10.6 Å².